The van der Waals surface area contributed by atoms with Crippen molar-refractivity contribution in [2.75, 3.05) is 18.8 Å². The normalized spacial score (nSPS) is 22.9. The predicted octanol–water partition coefficient (Wildman–Crippen LogP) is 0.839. The zero-order valence-electron chi connectivity index (χ0n) is 9.54. The van der Waals surface area contributed by atoms with Crippen molar-refractivity contribution in [1.82, 2.24) is 10.6 Å². The second-order valence-electron chi connectivity index (χ2n) is 3.82. The fourth-order valence-corrected chi connectivity index (χ4v) is 2.20. The smallest absolute Gasteiger partial charge is 0.242 e. The van der Waals surface area contributed by atoms with E-state index in [-0.39, 0.29) is 11.9 Å². The van der Waals surface area contributed by atoms with Crippen LogP contribution in [0.1, 0.15) is 20.8 Å². The molecule has 4 nitrogen and oxygen atoms in total. The standard InChI is InChI=1S/C10H19N3OS/c1-4-11-9(14)8(3)13-10-12-5-7(2)6-15-10/h7-8H,4-6H2,1-3H3,(H,11,14)(H,12,13). The van der Waals surface area contributed by atoms with E-state index in [9.17, 15) is 4.79 Å². The Morgan fingerprint density at radius 1 is 1.73 bits per heavy atom. The SMILES string of the molecule is CCNC(=O)C(C)NC1=NCC(C)CS1. The van der Waals surface area contributed by atoms with Gasteiger partial charge in [-0.25, -0.2) is 0 Å². The Hall–Kier alpha value is -0.710. The van der Waals surface area contributed by atoms with E-state index < -0.39 is 0 Å². The van der Waals surface area contributed by atoms with Crippen molar-refractivity contribution in [3.05, 3.63) is 0 Å². The van der Waals surface area contributed by atoms with Crippen molar-refractivity contribution in [3.63, 3.8) is 0 Å². The summed E-state index contributed by atoms with van der Waals surface area (Å²) in [5.41, 5.74) is 0. The van der Waals surface area contributed by atoms with Crippen molar-refractivity contribution < 1.29 is 4.79 Å². The van der Waals surface area contributed by atoms with Gasteiger partial charge in [-0.15, -0.1) is 0 Å². The maximum atomic E-state index is 11.4. The van der Waals surface area contributed by atoms with Gasteiger partial charge in [0, 0.05) is 18.8 Å². The first-order chi connectivity index (χ1) is 7.13. The Kier molecular flexibility index (Phi) is 4.94. The predicted molar refractivity (Wildman–Crippen MR) is 65.2 cm³/mol. The highest BCUT2D eigenvalue weighted by atomic mass is 32.2. The van der Waals surface area contributed by atoms with E-state index >= 15 is 0 Å². The van der Waals surface area contributed by atoms with Crippen LogP contribution in [0.3, 0.4) is 0 Å². The number of carbonyl (C=O) groups excluding carboxylic acids is 1. The molecule has 0 aromatic rings. The van der Waals surface area contributed by atoms with Gasteiger partial charge in [0.15, 0.2) is 5.17 Å². The van der Waals surface area contributed by atoms with Gasteiger partial charge in [-0.1, -0.05) is 18.7 Å². The van der Waals surface area contributed by atoms with E-state index in [2.05, 4.69) is 22.5 Å². The van der Waals surface area contributed by atoms with Crippen LogP contribution in [0.25, 0.3) is 0 Å². The number of thioether (sulfide) groups is 1. The number of nitrogens with one attached hydrogen (secondary N) is 2. The summed E-state index contributed by atoms with van der Waals surface area (Å²) in [5.74, 6) is 1.74. The second kappa shape index (κ2) is 6.00. The van der Waals surface area contributed by atoms with Crippen molar-refractivity contribution in [2.24, 2.45) is 10.9 Å². The molecule has 2 atom stereocenters. The minimum absolute atomic E-state index is 0.0272. The number of carbonyl (C=O) groups is 1. The summed E-state index contributed by atoms with van der Waals surface area (Å²) < 4.78 is 0. The molecule has 15 heavy (non-hydrogen) atoms. The molecule has 1 aliphatic rings. The quantitative estimate of drug-likeness (QED) is 0.754. The number of amidine groups is 1. The number of hydrogen-bond donors (Lipinski definition) is 2. The van der Waals surface area contributed by atoms with Crippen LogP contribution in [0.4, 0.5) is 0 Å². The lowest BCUT2D eigenvalue weighted by atomic mass is 10.2. The molecule has 1 amide bonds. The summed E-state index contributed by atoms with van der Waals surface area (Å²) in [6.07, 6.45) is 0. The second-order valence-corrected chi connectivity index (χ2v) is 4.83. The van der Waals surface area contributed by atoms with Gasteiger partial charge >= 0.3 is 0 Å². The first-order valence-corrected chi connectivity index (χ1v) is 6.33. The zero-order chi connectivity index (χ0) is 11.3. The summed E-state index contributed by atoms with van der Waals surface area (Å²) in [6, 6.07) is -0.204. The van der Waals surface area contributed by atoms with E-state index in [0.29, 0.717) is 12.5 Å². The molecule has 0 saturated heterocycles. The highest BCUT2D eigenvalue weighted by molar-refractivity contribution is 8.13. The molecular formula is C10H19N3OS. The molecule has 0 aliphatic carbocycles. The molecule has 0 saturated carbocycles. The molecule has 0 spiro atoms. The highest BCUT2D eigenvalue weighted by Gasteiger charge is 2.17. The zero-order valence-corrected chi connectivity index (χ0v) is 10.4. The van der Waals surface area contributed by atoms with Crippen LogP contribution in [0.5, 0.6) is 0 Å². The Morgan fingerprint density at radius 3 is 3.00 bits per heavy atom. The number of aliphatic imine (C=N–C) groups is 1. The van der Waals surface area contributed by atoms with E-state index in [1.54, 1.807) is 11.8 Å². The minimum Gasteiger partial charge on any atom is -0.355 e. The number of amides is 1. The van der Waals surface area contributed by atoms with Crippen LogP contribution in [0, 0.1) is 5.92 Å². The van der Waals surface area contributed by atoms with Crippen LogP contribution in [-0.4, -0.2) is 36.0 Å². The molecule has 0 aromatic carbocycles. The molecular weight excluding hydrogens is 210 g/mol. The number of nitrogens with zero attached hydrogens (tertiary/aromatic N) is 1. The molecule has 2 unspecified atom stereocenters. The largest absolute Gasteiger partial charge is 0.355 e. The van der Waals surface area contributed by atoms with Gasteiger partial charge in [0.25, 0.3) is 0 Å². The third-order valence-electron chi connectivity index (χ3n) is 2.14. The van der Waals surface area contributed by atoms with Crippen molar-refractivity contribution in [3.8, 4) is 0 Å². The maximum Gasteiger partial charge on any atom is 0.242 e. The van der Waals surface area contributed by atoms with Crippen LogP contribution in [-0.2, 0) is 4.79 Å². The molecule has 86 valence electrons. The van der Waals surface area contributed by atoms with Crippen LogP contribution in [0.15, 0.2) is 4.99 Å². The molecule has 0 aromatic heterocycles. The lowest BCUT2D eigenvalue weighted by molar-refractivity contribution is -0.122. The summed E-state index contributed by atoms with van der Waals surface area (Å²) >= 11 is 1.69. The Bertz CT molecular complexity index is 255. The van der Waals surface area contributed by atoms with E-state index in [1.807, 2.05) is 13.8 Å². The molecule has 0 fully saturated rings. The topological polar surface area (TPSA) is 53.5 Å². The molecule has 1 heterocycles. The number of likely N-dealkylation sites (N-methyl/N-ethyl adjacent to an activating group) is 1. The molecule has 0 bridgehead atoms. The van der Waals surface area contributed by atoms with Gasteiger partial charge in [0.05, 0.1) is 0 Å². The van der Waals surface area contributed by atoms with Crippen LogP contribution >= 0.6 is 11.8 Å². The summed E-state index contributed by atoms with van der Waals surface area (Å²) in [5, 5.41) is 6.80. The third-order valence-corrected chi connectivity index (χ3v) is 3.39. The highest BCUT2D eigenvalue weighted by Crippen LogP contribution is 2.15. The van der Waals surface area contributed by atoms with Gasteiger partial charge in [-0.2, -0.15) is 0 Å². The van der Waals surface area contributed by atoms with Gasteiger partial charge in [-0.3, -0.25) is 9.79 Å². The molecule has 5 heteroatoms. The summed E-state index contributed by atoms with van der Waals surface area (Å²) in [6.45, 7) is 7.48. The van der Waals surface area contributed by atoms with E-state index in [0.717, 1.165) is 17.5 Å². The third kappa shape index (κ3) is 4.11. The van der Waals surface area contributed by atoms with E-state index in [1.165, 1.54) is 0 Å². The van der Waals surface area contributed by atoms with Gasteiger partial charge in [0.2, 0.25) is 5.91 Å². The van der Waals surface area contributed by atoms with Crippen LogP contribution < -0.4 is 10.6 Å². The molecule has 2 N–H and O–H groups in total. The van der Waals surface area contributed by atoms with Crippen molar-refractivity contribution in [2.45, 2.75) is 26.8 Å². The fourth-order valence-electron chi connectivity index (χ4n) is 1.22. The fraction of sp³-hybridized carbons (Fsp3) is 0.800. The average molecular weight is 229 g/mol. The van der Waals surface area contributed by atoms with E-state index in [4.69, 9.17) is 0 Å². The van der Waals surface area contributed by atoms with Gasteiger partial charge in [-0.05, 0) is 19.8 Å². The monoisotopic (exact) mass is 229 g/mol. The first-order valence-electron chi connectivity index (χ1n) is 5.35. The Balaban J connectivity index is 2.37. The Morgan fingerprint density at radius 2 is 2.47 bits per heavy atom. The molecule has 1 rings (SSSR count). The van der Waals surface area contributed by atoms with Crippen molar-refractivity contribution >= 4 is 22.8 Å². The van der Waals surface area contributed by atoms with Gasteiger partial charge in [0.1, 0.15) is 6.04 Å². The number of rotatable bonds is 3. The lowest BCUT2D eigenvalue weighted by Crippen LogP contribution is -2.44. The average Bonchev–Trinajstić information content (AvgIpc) is 2.22. The minimum atomic E-state index is -0.204. The summed E-state index contributed by atoms with van der Waals surface area (Å²) in [4.78, 5) is 15.8. The van der Waals surface area contributed by atoms with Gasteiger partial charge < -0.3 is 10.6 Å². The summed E-state index contributed by atoms with van der Waals surface area (Å²) in [7, 11) is 0. The number of hydrogen-bond acceptors (Lipinski definition) is 4. The maximum absolute atomic E-state index is 11.4. The lowest BCUT2D eigenvalue weighted by Gasteiger charge is -2.20. The van der Waals surface area contributed by atoms with Crippen molar-refractivity contribution in [1.29, 1.82) is 0 Å². The molecule has 0 radical (unpaired) electrons. The van der Waals surface area contributed by atoms with Crippen LogP contribution in [0.2, 0.25) is 0 Å². The first kappa shape index (κ1) is 12.4. The molecule has 1 aliphatic heterocycles. The Labute approximate surface area is 95.3 Å².